The van der Waals surface area contributed by atoms with Gasteiger partial charge in [-0.1, -0.05) is 6.92 Å². The lowest BCUT2D eigenvalue weighted by atomic mass is 10.3. The van der Waals surface area contributed by atoms with Gasteiger partial charge in [0.15, 0.2) is 0 Å². The Morgan fingerprint density at radius 1 is 1.33 bits per heavy atom. The molecular formula is C13H18N4S. The van der Waals surface area contributed by atoms with Crippen molar-refractivity contribution in [3.8, 4) is 0 Å². The van der Waals surface area contributed by atoms with Gasteiger partial charge >= 0.3 is 0 Å². The lowest BCUT2D eigenvalue weighted by Gasteiger charge is -2.04. The Morgan fingerprint density at radius 3 is 2.78 bits per heavy atom. The van der Waals surface area contributed by atoms with Gasteiger partial charge in [0.05, 0.1) is 5.69 Å². The Kier molecular flexibility index (Phi) is 4.25. The molecule has 2 rings (SSSR count). The number of aromatic nitrogens is 3. The first-order valence-electron chi connectivity index (χ1n) is 6.12. The number of nitrogen functional groups attached to an aromatic ring is 1. The zero-order valence-electron chi connectivity index (χ0n) is 10.8. The summed E-state index contributed by atoms with van der Waals surface area (Å²) >= 11 is 1.76. The summed E-state index contributed by atoms with van der Waals surface area (Å²) in [6.07, 6.45) is 2.79. The molecule has 0 spiro atoms. The van der Waals surface area contributed by atoms with Crippen LogP contribution in [0.2, 0.25) is 0 Å². The lowest BCUT2D eigenvalue weighted by Crippen LogP contribution is -2.01. The molecule has 0 radical (unpaired) electrons. The summed E-state index contributed by atoms with van der Waals surface area (Å²) in [6.45, 7) is 5.16. The van der Waals surface area contributed by atoms with E-state index in [0.717, 1.165) is 29.3 Å². The van der Waals surface area contributed by atoms with Gasteiger partial charge in [-0.15, -0.1) is 11.8 Å². The van der Waals surface area contributed by atoms with Crippen LogP contribution in [0.15, 0.2) is 29.3 Å². The first-order valence-corrected chi connectivity index (χ1v) is 7.11. The topological polar surface area (TPSA) is 56.7 Å². The maximum Gasteiger partial charge on any atom is 0.123 e. The second-order valence-corrected chi connectivity index (χ2v) is 5.05. The van der Waals surface area contributed by atoms with Gasteiger partial charge in [0.25, 0.3) is 0 Å². The molecule has 0 aliphatic carbocycles. The highest BCUT2D eigenvalue weighted by molar-refractivity contribution is 7.98. The molecule has 0 fully saturated rings. The quantitative estimate of drug-likeness (QED) is 0.842. The summed E-state index contributed by atoms with van der Waals surface area (Å²) in [5.41, 5.74) is 7.98. The third-order valence-corrected chi connectivity index (χ3v) is 3.74. The molecule has 2 heterocycles. The minimum absolute atomic E-state index is 0.561. The minimum atomic E-state index is 0.561. The smallest absolute Gasteiger partial charge is 0.123 e. The molecule has 4 nitrogen and oxygen atoms in total. The van der Waals surface area contributed by atoms with E-state index in [0.29, 0.717) is 5.82 Å². The number of nitrogens with two attached hydrogens (primary N) is 1. The van der Waals surface area contributed by atoms with Crippen LogP contribution in [0, 0.1) is 0 Å². The average molecular weight is 262 g/mol. The molecular weight excluding hydrogens is 244 g/mol. The van der Waals surface area contributed by atoms with Crippen LogP contribution in [0.5, 0.6) is 0 Å². The van der Waals surface area contributed by atoms with E-state index < -0.39 is 0 Å². The van der Waals surface area contributed by atoms with Crippen molar-refractivity contribution in [1.29, 1.82) is 0 Å². The normalized spacial score (nSPS) is 10.8. The van der Waals surface area contributed by atoms with Crippen LogP contribution in [-0.2, 0) is 18.7 Å². The Balaban J connectivity index is 2.05. The van der Waals surface area contributed by atoms with Gasteiger partial charge in [-0.2, -0.15) is 5.10 Å². The zero-order chi connectivity index (χ0) is 13.0. The predicted molar refractivity (Wildman–Crippen MR) is 75.5 cm³/mol. The van der Waals surface area contributed by atoms with Crippen molar-refractivity contribution in [2.75, 3.05) is 5.73 Å². The van der Waals surface area contributed by atoms with Crippen molar-refractivity contribution in [3.63, 3.8) is 0 Å². The zero-order valence-corrected chi connectivity index (χ0v) is 11.6. The largest absolute Gasteiger partial charge is 0.384 e. The van der Waals surface area contributed by atoms with Crippen LogP contribution in [0.1, 0.15) is 25.2 Å². The Morgan fingerprint density at radius 2 is 2.17 bits per heavy atom. The van der Waals surface area contributed by atoms with Crippen molar-refractivity contribution in [3.05, 3.63) is 35.8 Å². The van der Waals surface area contributed by atoms with Crippen molar-refractivity contribution in [2.24, 2.45) is 0 Å². The summed E-state index contributed by atoms with van der Waals surface area (Å²) in [6, 6.07) is 6.01. The Hall–Kier alpha value is -1.49. The van der Waals surface area contributed by atoms with Crippen LogP contribution < -0.4 is 5.73 Å². The number of hydrogen-bond donors (Lipinski definition) is 1. The van der Waals surface area contributed by atoms with E-state index in [1.807, 2.05) is 18.3 Å². The van der Waals surface area contributed by atoms with Crippen molar-refractivity contribution >= 4 is 17.6 Å². The summed E-state index contributed by atoms with van der Waals surface area (Å²) in [5, 5.41) is 4.54. The molecule has 2 aromatic rings. The molecule has 0 atom stereocenters. The van der Waals surface area contributed by atoms with Crippen LogP contribution in [0.4, 0.5) is 5.82 Å². The van der Waals surface area contributed by atoms with E-state index in [1.165, 1.54) is 5.69 Å². The highest BCUT2D eigenvalue weighted by Gasteiger charge is 2.06. The molecule has 2 N–H and O–H groups in total. The van der Waals surface area contributed by atoms with Gasteiger partial charge in [0, 0.05) is 29.1 Å². The molecule has 96 valence electrons. The first kappa shape index (κ1) is 13.0. The maximum atomic E-state index is 5.57. The molecule has 18 heavy (non-hydrogen) atoms. The number of anilines is 1. The molecule has 0 unspecified atom stereocenters. The van der Waals surface area contributed by atoms with Crippen LogP contribution in [0.25, 0.3) is 0 Å². The summed E-state index contributed by atoms with van der Waals surface area (Å²) in [4.78, 5) is 5.22. The van der Waals surface area contributed by atoms with Crippen molar-refractivity contribution in [1.82, 2.24) is 14.8 Å². The van der Waals surface area contributed by atoms with E-state index in [2.05, 4.69) is 34.7 Å². The molecule has 0 aliphatic heterocycles. The first-order chi connectivity index (χ1) is 8.72. The van der Waals surface area contributed by atoms with Gasteiger partial charge in [-0.05, 0) is 31.5 Å². The van der Waals surface area contributed by atoms with Crippen LogP contribution >= 0.6 is 11.8 Å². The third-order valence-electron chi connectivity index (χ3n) is 2.72. The Bertz CT molecular complexity index is 504. The SMILES string of the molecule is CCc1cc(CSc2ccc(N)nc2)n(CC)n1. The van der Waals surface area contributed by atoms with E-state index >= 15 is 0 Å². The van der Waals surface area contributed by atoms with E-state index in [1.54, 1.807) is 11.8 Å². The lowest BCUT2D eigenvalue weighted by molar-refractivity contribution is 0.628. The van der Waals surface area contributed by atoms with Crippen molar-refractivity contribution in [2.45, 2.75) is 37.5 Å². The molecule has 0 saturated heterocycles. The Labute approximate surface area is 112 Å². The fourth-order valence-electron chi connectivity index (χ4n) is 1.71. The molecule has 0 aliphatic rings. The predicted octanol–water partition coefficient (Wildman–Crippen LogP) is 2.73. The fraction of sp³-hybridized carbons (Fsp3) is 0.385. The number of hydrogen-bond acceptors (Lipinski definition) is 4. The molecule has 0 amide bonds. The van der Waals surface area contributed by atoms with Gasteiger partial charge in [-0.3, -0.25) is 4.68 Å². The average Bonchev–Trinajstić information content (AvgIpc) is 2.80. The van der Waals surface area contributed by atoms with E-state index in [-0.39, 0.29) is 0 Å². The standard InChI is InChI=1S/C13H18N4S/c1-3-10-7-11(17(4-2)16-10)9-18-12-5-6-13(14)15-8-12/h5-8H,3-4,9H2,1-2H3,(H2,14,15). The molecule has 0 saturated carbocycles. The number of thioether (sulfide) groups is 1. The molecule has 2 aromatic heterocycles. The van der Waals surface area contributed by atoms with E-state index in [9.17, 15) is 0 Å². The second kappa shape index (κ2) is 5.91. The highest BCUT2D eigenvalue weighted by atomic mass is 32.2. The van der Waals surface area contributed by atoms with Crippen LogP contribution in [0.3, 0.4) is 0 Å². The molecule has 5 heteroatoms. The summed E-state index contributed by atoms with van der Waals surface area (Å²) in [7, 11) is 0. The third kappa shape index (κ3) is 3.04. The summed E-state index contributed by atoms with van der Waals surface area (Å²) in [5.74, 6) is 1.47. The van der Waals surface area contributed by atoms with Gasteiger partial charge in [-0.25, -0.2) is 4.98 Å². The van der Waals surface area contributed by atoms with E-state index in [4.69, 9.17) is 5.73 Å². The highest BCUT2D eigenvalue weighted by Crippen LogP contribution is 2.23. The second-order valence-electron chi connectivity index (χ2n) is 4.00. The summed E-state index contributed by atoms with van der Waals surface area (Å²) < 4.78 is 2.07. The van der Waals surface area contributed by atoms with Gasteiger partial charge < -0.3 is 5.73 Å². The number of aryl methyl sites for hydroxylation is 2. The van der Waals surface area contributed by atoms with Crippen LogP contribution in [-0.4, -0.2) is 14.8 Å². The maximum absolute atomic E-state index is 5.57. The van der Waals surface area contributed by atoms with Crippen molar-refractivity contribution < 1.29 is 0 Å². The minimum Gasteiger partial charge on any atom is -0.384 e. The fourth-order valence-corrected chi connectivity index (χ4v) is 2.55. The van der Waals surface area contributed by atoms with Gasteiger partial charge in [0.1, 0.15) is 5.82 Å². The number of nitrogens with zero attached hydrogens (tertiary/aromatic N) is 3. The van der Waals surface area contributed by atoms with Gasteiger partial charge in [0.2, 0.25) is 0 Å². The number of rotatable bonds is 5. The molecule has 0 bridgehead atoms. The number of pyridine rings is 1. The monoisotopic (exact) mass is 262 g/mol. The molecule has 0 aromatic carbocycles.